The number of nitrogens with one attached hydrogen (secondary N) is 1. The van der Waals surface area contributed by atoms with Gasteiger partial charge in [-0.1, -0.05) is 0 Å². The fourth-order valence-electron chi connectivity index (χ4n) is 2.16. The molecular weight excluding hydrogens is 234 g/mol. The quantitative estimate of drug-likeness (QED) is 0.662. The SMILES string of the molecule is NC(=O)C1CNCCN1c1nccn2cnnc12. The van der Waals surface area contributed by atoms with Gasteiger partial charge in [-0.25, -0.2) is 4.98 Å². The van der Waals surface area contributed by atoms with Crippen molar-refractivity contribution < 1.29 is 4.79 Å². The van der Waals surface area contributed by atoms with Gasteiger partial charge in [0.15, 0.2) is 5.82 Å². The highest BCUT2D eigenvalue weighted by atomic mass is 16.1. The Morgan fingerprint density at radius 3 is 3.28 bits per heavy atom. The zero-order chi connectivity index (χ0) is 12.5. The van der Waals surface area contributed by atoms with Crippen LogP contribution in [-0.4, -0.2) is 51.2 Å². The summed E-state index contributed by atoms with van der Waals surface area (Å²) in [5.41, 5.74) is 6.05. The number of hydrogen-bond donors (Lipinski definition) is 2. The van der Waals surface area contributed by atoms with Gasteiger partial charge in [0.05, 0.1) is 0 Å². The van der Waals surface area contributed by atoms with Crippen molar-refractivity contribution in [2.24, 2.45) is 5.73 Å². The van der Waals surface area contributed by atoms with E-state index in [0.29, 0.717) is 24.6 Å². The van der Waals surface area contributed by atoms with Crippen LogP contribution < -0.4 is 16.0 Å². The van der Waals surface area contributed by atoms with Crippen LogP contribution in [0.3, 0.4) is 0 Å². The van der Waals surface area contributed by atoms with Crippen LogP contribution in [0.5, 0.6) is 0 Å². The number of primary amides is 1. The average Bonchev–Trinajstić information content (AvgIpc) is 2.86. The molecule has 3 N–H and O–H groups in total. The van der Waals surface area contributed by atoms with E-state index in [2.05, 4.69) is 20.5 Å². The Bertz CT molecular complexity index is 580. The summed E-state index contributed by atoms with van der Waals surface area (Å²) in [6, 6.07) is -0.408. The number of hydrogen-bond acceptors (Lipinski definition) is 6. The first-order valence-corrected chi connectivity index (χ1v) is 5.68. The van der Waals surface area contributed by atoms with E-state index in [-0.39, 0.29) is 5.91 Å². The summed E-state index contributed by atoms with van der Waals surface area (Å²) in [5.74, 6) is 0.269. The molecule has 0 aromatic carbocycles. The second-order valence-corrected chi connectivity index (χ2v) is 4.13. The highest BCUT2D eigenvalue weighted by Crippen LogP contribution is 2.19. The molecule has 8 heteroatoms. The molecule has 0 spiro atoms. The first-order valence-electron chi connectivity index (χ1n) is 5.68. The van der Waals surface area contributed by atoms with E-state index >= 15 is 0 Å². The Hall–Kier alpha value is -2.22. The smallest absolute Gasteiger partial charge is 0.241 e. The van der Waals surface area contributed by atoms with Crippen LogP contribution in [-0.2, 0) is 4.79 Å². The van der Waals surface area contributed by atoms with Crippen molar-refractivity contribution in [3.63, 3.8) is 0 Å². The number of nitrogens with two attached hydrogens (primary N) is 1. The Labute approximate surface area is 103 Å². The third-order valence-corrected chi connectivity index (χ3v) is 3.04. The molecule has 2 aromatic rings. The minimum atomic E-state index is -0.408. The summed E-state index contributed by atoms with van der Waals surface area (Å²) in [7, 11) is 0. The van der Waals surface area contributed by atoms with Gasteiger partial charge in [0.25, 0.3) is 0 Å². The Kier molecular flexibility index (Phi) is 2.56. The predicted octanol–water partition coefficient (Wildman–Crippen LogP) is -1.61. The lowest BCUT2D eigenvalue weighted by atomic mass is 10.2. The van der Waals surface area contributed by atoms with E-state index in [1.807, 2.05) is 4.90 Å². The number of carbonyl (C=O) groups is 1. The molecule has 3 heterocycles. The van der Waals surface area contributed by atoms with Crippen molar-refractivity contribution in [3.05, 3.63) is 18.7 Å². The maximum Gasteiger partial charge on any atom is 0.241 e. The van der Waals surface area contributed by atoms with E-state index in [1.54, 1.807) is 23.1 Å². The summed E-state index contributed by atoms with van der Waals surface area (Å²) >= 11 is 0. The molecule has 18 heavy (non-hydrogen) atoms. The summed E-state index contributed by atoms with van der Waals surface area (Å²) in [5, 5.41) is 11.0. The summed E-state index contributed by atoms with van der Waals surface area (Å²) in [6.07, 6.45) is 5.02. The van der Waals surface area contributed by atoms with Gasteiger partial charge in [-0.3, -0.25) is 9.20 Å². The van der Waals surface area contributed by atoms with Gasteiger partial charge in [-0.05, 0) is 0 Å². The lowest BCUT2D eigenvalue weighted by Gasteiger charge is -2.34. The van der Waals surface area contributed by atoms with Crippen molar-refractivity contribution in [1.29, 1.82) is 0 Å². The van der Waals surface area contributed by atoms with Gasteiger partial charge >= 0.3 is 0 Å². The Balaban J connectivity index is 2.06. The van der Waals surface area contributed by atoms with Gasteiger partial charge in [-0.15, -0.1) is 10.2 Å². The molecule has 94 valence electrons. The van der Waals surface area contributed by atoms with Gasteiger partial charge in [0.1, 0.15) is 12.4 Å². The zero-order valence-corrected chi connectivity index (χ0v) is 9.65. The number of piperazine rings is 1. The highest BCUT2D eigenvalue weighted by molar-refractivity contribution is 5.85. The van der Waals surface area contributed by atoms with Gasteiger partial charge in [0, 0.05) is 32.0 Å². The second kappa shape index (κ2) is 4.22. The summed E-state index contributed by atoms with van der Waals surface area (Å²) in [4.78, 5) is 17.7. The number of aromatic nitrogens is 4. The largest absolute Gasteiger partial charge is 0.368 e. The third kappa shape index (κ3) is 1.66. The van der Waals surface area contributed by atoms with Crippen LogP contribution >= 0.6 is 0 Å². The van der Waals surface area contributed by atoms with E-state index < -0.39 is 6.04 Å². The highest BCUT2D eigenvalue weighted by Gasteiger charge is 2.29. The van der Waals surface area contributed by atoms with E-state index in [9.17, 15) is 4.79 Å². The number of anilines is 1. The van der Waals surface area contributed by atoms with Crippen molar-refractivity contribution >= 4 is 17.4 Å². The fourth-order valence-corrected chi connectivity index (χ4v) is 2.16. The van der Waals surface area contributed by atoms with Crippen molar-refractivity contribution in [2.45, 2.75) is 6.04 Å². The molecule has 0 saturated carbocycles. The predicted molar refractivity (Wildman–Crippen MR) is 64.0 cm³/mol. The lowest BCUT2D eigenvalue weighted by Crippen LogP contribution is -2.57. The Morgan fingerprint density at radius 2 is 2.44 bits per heavy atom. The van der Waals surface area contributed by atoms with Gasteiger partial charge in [-0.2, -0.15) is 0 Å². The molecule has 1 aliphatic heterocycles. The number of carbonyl (C=O) groups excluding carboxylic acids is 1. The summed E-state index contributed by atoms with van der Waals surface area (Å²) < 4.78 is 1.77. The summed E-state index contributed by atoms with van der Waals surface area (Å²) in [6.45, 7) is 1.96. The molecule has 1 aliphatic rings. The minimum absolute atomic E-state index is 0.370. The molecule has 3 rings (SSSR count). The fraction of sp³-hybridized carbons (Fsp3) is 0.400. The van der Waals surface area contributed by atoms with E-state index in [1.165, 1.54) is 0 Å². The Morgan fingerprint density at radius 1 is 1.56 bits per heavy atom. The van der Waals surface area contributed by atoms with E-state index in [0.717, 1.165) is 6.54 Å². The molecule has 1 atom stereocenters. The van der Waals surface area contributed by atoms with Crippen LogP contribution in [0.25, 0.3) is 5.65 Å². The standard InChI is InChI=1S/C10H13N7O/c11-8(18)7-5-12-1-4-17(7)9-10-15-14-6-16(10)3-2-13-9/h2-3,6-7,12H,1,4-5H2,(H2,11,18). The number of rotatable bonds is 2. The van der Waals surface area contributed by atoms with Gasteiger partial charge < -0.3 is 16.0 Å². The third-order valence-electron chi connectivity index (χ3n) is 3.04. The van der Waals surface area contributed by atoms with Crippen molar-refractivity contribution in [2.75, 3.05) is 24.5 Å². The van der Waals surface area contributed by atoms with Crippen LogP contribution in [0, 0.1) is 0 Å². The second-order valence-electron chi connectivity index (χ2n) is 4.13. The van der Waals surface area contributed by atoms with Crippen LogP contribution in [0.15, 0.2) is 18.7 Å². The zero-order valence-electron chi connectivity index (χ0n) is 9.65. The molecule has 0 radical (unpaired) electrons. The number of amides is 1. The molecule has 1 amide bonds. The maximum atomic E-state index is 11.5. The monoisotopic (exact) mass is 247 g/mol. The molecule has 1 saturated heterocycles. The van der Waals surface area contributed by atoms with Crippen LogP contribution in [0.2, 0.25) is 0 Å². The normalized spacial score (nSPS) is 20.2. The average molecular weight is 247 g/mol. The van der Waals surface area contributed by atoms with Crippen LogP contribution in [0.4, 0.5) is 5.82 Å². The molecule has 1 unspecified atom stereocenters. The first-order chi connectivity index (χ1) is 8.77. The topological polar surface area (TPSA) is 101 Å². The molecule has 1 fully saturated rings. The lowest BCUT2D eigenvalue weighted by molar-refractivity contribution is -0.119. The molecule has 2 aromatic heterocycles. The van der Waals surface area contributed by atoms with Crippen LogP contribution in [0.1, 0.15) is 0 Å². The maximum absolute atomic E-state index is 11.5. The minimum Gasteiger partial charge on any atom is -0.368 e. The molecule has 8 nitrogen and oxygen atoms in total. The number of fused-ring (bicyclic) bond motifs is 1. The van der Waals surface area contributed by atoms with Crippen molar-refractivity contribution in [1.82, 2.24) is 24.9 Å². The first kappa shape index (κ1) is 10.9. The van der Waals surface area contributed by atoms with E-state index in [4.69, 9.17) is 5.73 Å². The molecule has 0 aliphatic carbocycles. The number of nitrogens with zero attached hydrogens (tertiary/aromatic N) is 5. The molecular formula is C10H13N7O. The molecule has 0 bridgehead atoms. The van der Waals surface area contributed by atoms with Crippen molar-refractivity contribution in [3.8, 4) is 0 Å². The van der Waals surface area contributed by atoms with Gasteiger partial charge in [0.2, 0.25) is 11.6 Å².